The number of para-hydroxylation sites is 1. The van der Waals surface area contributed by atoms with E-state index in [2.05, 4.69) is 59.7 Å². The number of amidine groups is 2. The quantitative estimate of drug-likeness (QED) is 0.243. The van der Waals surface area contributed by atoms with Crippen molar-refractivity contribution in [3.05, 3.63) is 106 Å². The number of fused-ring (bicyclic) bond motifs is 2. The number of nitrogens with one attached hydrogen (secondary N) is 1. The highest BCUT2D eigenvalue weighted by Crippen LogP contribution is 2.32. The van der Waals surface area contributed by atoms with E-state index in [1.54, 1.807) is 6.08 Å². The minimum atomic E-state index is -0.435. The molecule has 0 saturated heterocycles. The number of aromatic nitrogens is 1. The zero-order chi connectivity index (χ0) is 28.7. The molecular weight excluding hydrogens is 530 g/mol. The number of ether oxygens (including phenoxy) is 1. The van der Waals surface area contributed by atoms with Gasteiger partial charge in [0.1, 0.15) is 17.4 Å². The summed E-state index contributed by atoms with van der Waals surface area (Å²) in [4.78, 5) is 17.4. The van der Waals surface area contributed by atoms with Gasteiger partial charge in [-0.15, -0.1) is 0 Å². The number of nitrogens with zero attached hydrogens (tertiary/aromatic N) is 4. The van der Waals surface area contributed by atoms with Crippen LogP contribution in [0.1, 0.15) is 47.6 Å². The van der Waals surface area contributed by atoms with E-state index < -0.39 is 5.91 Å². The van der Waals surface area contributed by atoms with E-state index in [1.165, 1.54) is 27.9 Å². The number of carbonyl (C=O) groups is 1. The lowest BCUT2D eigenvalue weighted by molar-refractivity contribution is -0.114. The van der Waals surface area contributed by atoms with Crippen LogP contribution in [0.2, 0.25) is 0 Å². The molecule has 6 rings (SSSR count). The first-order chi connectivity index (χ1) is 19.8. The fourth-order valence-corrected chi connectivity index (χ4v) is 5.93. The molecule has 0 spiro atoms. The lowest BCUT2D eigenvalue weighted by Gasteiger charge is -2.20. The molecule has 0 unspecified atom stereocenters. The van der Waals surface area contributed by atoms with E-state index in [0.717, 1.165) is 33.3 Å². The number of aryl methyl sites for hydroxylation is 2. The Hall–Kier alpha value is -4.43. The Morgan fingerprint density at radius 1 is 1.02 bits per heavy atom. The van der Waals surface area contributed by atoms with E-state index in [9.17, 15) is 4.79 Å². The second kappa shape index (κ2) is 10.9. The van der Waals surface area contributed by atoms with Crippen molar-refractivity contribution in [2.45, 2.75) is 40.2 Å². The molecule has 2 aliphatic rings. The third-order valence-corrected chi connectivity index (χ3v) is 8.21. The van der Waals surface area contributed by atoms with Crippen LogP contribution in [0.4, 0.5) is 0 Å². The van der Waals surface area contributed by atoms with Gasteiger partial charge in [-0.3, -0.25) is 10.2 Å². The maximum absolute atomic E-state index is 13.1. The van der Waals surface area contributed by atoms with Crippen molar-refractivity contribution in [2.75, 3.05) is 6.61 Å². The molecule has 0 aliphatic carbocycles. The van der Waals surface area contributed by atoms with E-state index in [0.29, 0.717) is 29.3 Å². The van der Waals surface area contributed by atoms with Crippen LogP contribution < -0.4 is 4.74 Å². The van der Waals surface area contributed by atoms with Gasteiger partial charge in [0, 0.05) is 28.2 Å². The highest BCUT2D eigenvalue weighted by molar-refractivity contribution is 8.27. The first-order valence-electron chi connectivity index (χ1n) is 13.7. The summed E-state index contributed by atoms with van der Waals surface area (Å²) in [7, 11) is 0. The zero-order valence-corrected chi connectivity index (χ0v) is 24.3. The van der Waals surface area contributed by atoms with E-state index in [-0.39, 0.29) is 11.4 Å². The first kappa shape index (κ1) is 26.8. The molecule has 1 amide bonds. The molecule has 1 aromatic heterocycles. The van der Waals surface area contributed by atoms with Gasteiger partial charge in [0.05, 0.1) is 12.1 Å². The Morgan fingerprint density at radius 2 is 1.78 bits per heavy atom. The fourth-order valence-electron chi connectivity index (χ4n) is 5.03. The summed E-state index contributed by atoms with van der Waals surface area (Å²) < 4.78 is 8.40. The first-order valence-corrected chi connectivity index (χ1v) is 14.5. The van der Waals surface area contributed by atoms with Crippen molar-refractivity contribution in [3.8, 4) is 5.75 Å². The summed E-state index contributed by atoms with van der Waals surface area (Å²) in [5.74, 6) is 0.877. The van der Waals surface area contributed by atoms with Crippen molar-refractivity contribution < 1.29 is 9.53 Å². The second-order valence-electron chi connectivity index (χ2n) is 10.6. The van der Waals surface area contributed by atoms with Crippen molar-refractivity contribution in [2.24, 2.45) is 10.1 Å². The molecule has 41 heavy (non-hydrogen) atoms. The van der Waals surface area contributed by atoms with Gasteiger partial charge < -0.3 is 9.30 Å². The summed E-state index contributed by atoms with van der Waals surface area (Å²) in [6.45, 7) is 9.58. The van der Waals surface area contributed by atoms with Gasteiger partial charge in [-0.1, -0.05) is 74.0 Å². The van der Waals surface area contributed by atoms with Crippen LogP contribution in [-0.4, -0.2) is 38.1 Å². The number of thioether (sulfide) groups is 1. The standard InChI is InChI=1S/C33H31N5O2S/c1-20(2)25-14-11-22(4)17-29(25)40-16-15-37-19-24(26-7-5-6-8-28(26)37)18-27-30(34)38-33(35-31(27)39)41-32(36-38)23-12-9-21(3)10-13-23/h5-14,17-20,34H,15-16H2,1-4H3/b27-18-,34-30?. The Morgan fingerprint density at radius 3 is 2.56 bits per heavy atom. The molecule has 2 aliphatic heterocycles. The maximum Gasteiger partial charge on any atom is 0.283 e. The SMILES string of the molecule is Cc1ccc(C2=NN3C(=N)/C(=C/c4cn(CCOc5cc(C)ccc5C(C)C)c5ccccc45)C(=O)N=C3S2)cc1. The molecule has 0 fully saturated rings. The minimum absolute atomic E-state index is 0.0236. The van der Waals surface area contributed by atoms with E-state index >= 15 is 0 Å². The van der Waals surface area contributed by atoms with Crippen molar-refractivity contribution >= 4 is 50.7 Å². The monoisotopic (exact) mass is 561 g/mol. The van der Waals surface area contributed by atoms with E-state index in [4.69, 9.17) is 10.1 Å². The van der Waals surface area contributed by atoms with Crippen LogP contribution in [0.25, 0.3) is 17.0 Å². The van der Waals surface area contributed by atoms with Gasteiger partial charge in [-0.25, -0.2) is 0 Å². The summed E-state index contributed by atoms with van der Waals surface area (Å²) in [6, 6.07) is 22.4. The highest BCUT2D eigenvalue weighted by atomic mass is 32.2. The van der Waals surface area contributed by atoms with Gasteiger partial charge in [0.15, 0.2) is 5.84 Å². The molecule has 0 bridgehead atoms. The van der Waals surface area contributed by atoms with E-state index in [1.807, 2.05) is 55.6 Å². The third-order valence-electron chi connectivity index (χ3n) is 7.25. The Labute approximate surface area is 243 Å². The van der Waals surface area contributed by atoms with Gasteiger partial charge in [0.2, 0.25) is 5.17 Å². The number of amides is 1. The molecule has 0 atom stereocenters. The minimum Gasteiger partial charge on any atom is -0.491 e. The Kier molecular flexibility index (Phi) is 7.09. The maximum atomic E-state index is 13.1. The summed E-state index contributed by atoms with van der Waals surface area (Å²) in [5, 5.41) is 17.0. The molecule has 3 heterocycles. The summed E-state index contributed by atoms with van der Waals surface area (Å²) in [5.41, 5.74) is 6.54. The van der Waals surface area contributed by atoms with Crippen LogP contribution in [0, 0.1) is 19.3 Å². The number of aliphatic imine (C=N–C) groups is 1. The molecular formula is C33H31N5O2S. The number of benzene rings is 3. The number of hydrogen-bond acceptors (Lipinski definition) is 5. The smallest absolute Gasteiger partial charge is 0.283 e. The lowest BCUT2D eigenvalue weighted by Crippen LogP contribution is -2.35. The van der Waals surface area contributed by atoms with Crippen LogP contribution in [0.3, 0.4) is 0 Å². The van der Waals surface area contributed by atoms with Gasteiger partial charge in [-0.05, 0) is 60.9 Å². The van der Waals surface area contributed by atoms with Gasteiger partial charge >= 0.3 is 0 Å². The van der Waals surface area contributed by atoms with Crippen LogP contribution in [-0.2, 0) is 11.3 Å². The predicted octanol–water partition coefficient (Wildman–Crippen LogP) is 7.13. The van der Waals surface area contributed by atoms with Crippen molar-refractivity contribution in [3.63, 3.8) is 0 Å². The Bertz CT molecular complexity index is 1780. The van der Waals surface area contributed by atoms with Crippen LogP contribution in [0.5, 0.6) is 5.75 Å². The molecule has 0 radical (unpaired) electrons. The average Bonchev–Trinajstić information content (AvgIpc) is 3.53. The number of hydrogen-bond donors (Lipinski definition) is 1. The highest BCUT2D eigenvalue weighted by Gasteiger charge is 2.36. The largest absolute Gasteiger partial charge is 0.491 e. The second-order valence-corrected chi connectivity index (χ2v) is 11.6. The summed E-state index contributed by atoms with van der Waals surface area (Å²) in [6.07, 6.45) is 3.77. The molecule has 8 heteroatoms. The van der Waals surface area contributed by atoms with Gasteiger partial charge in [-0.2, -0.15) is 15.1 Å². The van der Waals surface area contributed by atoms with Crippen molar-refractivity contribution in [1.29, 1.82) is 5.41 Å². The van der Waals surface area contributed by atoms with Gasteiger partial charge in [0.25, 0.3) is 5.91 Å². The predicted molar refractivity (Wildman–Crippen MR) is 168 cm³/mol. The Balaban J connectivity index is 1.27. The van der Waals surface area contributed by atoms with Crippen molar-refractivity contribution in [1.82, 2.24) is 9.58 Å². The number of carbonyl (C=O) groups excluding carboxylic acids is 1. The normalized spacial score (nSPS) is 16.0. The molecule has 0 saturated carbocycles. The number of hydrazone groups is 1. The molecule has 3 aromatic carbocycles. The summed E-state index contributed by atoms with van der Waals surface area (Å²) >= 11 is 1.31. The fraction of sp³-hybridized carbons (Fsp3) is 0.212. The molecule has 1 N–H and O–H groups in total. The van der Waals surface area contributed by atoms with Crippen LogP contribution in [0.15, 0.2) is 88.6 Å². The topological polar surface area (TPSA) is 83.0 Å². The third kappa shape index (κ3) is 5.23. The molecule has 7 nitrogen and oxygen atoms in total. The molecule has 206 valence electrons. The van der Waals surface area contributed by atoms with Crippen LogP contribution >= 0.6 is 11.8 Å². The zero-order valence-electron chi connectivity index (χ0n) is 23.5. The molecule has 4 aromatic rings. The number of rotatable bonds is 7. The average molecular weight is 562 g/mol. The lowest BCUT2D eigenvalue weighted by atomic mass is 10.0.